The summed E-state index contributed by atoms with van der Waals surface area (Å²) in [4.78, 5) is 17.8. The van der Waals surface area contributed by atoms with Gasteiger partial charge in [-0.15, -0.1) is 5.10 Å². The van der Waals surface area contributed by atoms with Crippen molar-refractivity contribution in [1.82, 2.24) is 30.0 Å². The average Bonchev–Trinajstić information content (AvgIpc) is 3.28. The van der Waals surface area contributed by atoms with E-state index >= 15 is 0 Å². The molecule has 168 valence electrons. The lowest BCUT2D eigenvalue weighted by atomic mass is 9.94. The highest BCUT2D eigenvalue weighted by Crippen LogP contribution is 2.28. The minimum atomic E-state index is 0.296. The van der Waals surface area contributed by atoms with Crippen LogP contribution in [0, 0.1) is 0 Å². The van der Waals surface area contributed by atoms with E-state index in [1.807, 2.05) is 4.68 Å². The van der Waals surface area contributed by atoms with Gasteiger partial charge in [-0.05, 0) is 42.5 Å². The van der Waals surface area contributed by atoms with Crippen LogP contribution in [0.2, 0.25) is 0 Å². The number of ether oxygens (including phenoxy) is 1. The molecule has 3 aliphatic rings. The Morgan fingerprint density at radius 2 is 1.70 bits per heavy atom. The summed E-state index contributed by atoms with van der Waals surface area (Å²) in [7, 11) is 0. The highest BCUT2D eigenvalue weighted by atomic mass is 16.5. The maximum absolute atomic E-state index is 13.2. The van der Waals surface area contributed by atoms with Gasteiger partial charge in [-0.3, -0.25) is 9.69 Å². The summed E-state index contributed by atoms with van der Waals surface area (Å²) in [6.07, 6.45) is 14.5. The molecule has 2 saturated carbocycles. The van der Waals surface area contributed by atoms with Gasteiger partial charge in [0.25, 0.3) is 0 Å². The molecular weight excluding hydrogens is 380 g/mol. The lowest BCUT2D eigenvalue weighted by Gasteiger charge is -2.39. The van der Waals surface area contributed by atoms with Crippen molar-refractivity contribution in [2.75, 3.05) is 33.0 Å². The molecule has 8 heteroatoms. The van der Waals surface area contributed by atoms with Gasteiger partial charge in [0.1, 0.15) is 0 Å². The molecule has 1 aromatic rings. The fraction of sp³-hybridized carbons (Fsp3) is 0.909. The van der Waals surface area contributed by atoms with E-state index < -0.39 is 0 Å². The first-order valence-electron chi connectivity index (χ1n) is 12.2. The van der Waals surface area contributed by atoms with E-state index in [0.717, 1.165) is 64.5 Å². The van der Waals surface area contributed by atoms with Gasteiger partial charge in [-0.1, -0.05) is 38.5 Å². The van der Waals surface area contributed by atoms with Crippen LogP contribution < -0.4 is 0 Å². The van der Waals surface area contributed by atoms with Crippen LogP contribution in [-0.2, 0) is 16.0 Å². The standard InChI is InChI=1S/C22H38N6O2/c29-22(13-7-12-21-23-24-25-28(21)20-10-5-2-6-11-20)27(19-8-3-1-4-9-19)18-26-14-16-30-17-15-26/h19-20H,1-18H2. The molecule has 1 amide bonds. The number of carbonyl (C=O) groups excluding carboxylic acids is 1. The topological polar surface area (TPSA) is 76.4 Å². The Labute approximate surface area is 180 Å². The second-order valence-corrected chi connectivity index (χ2v) is 9.21. The molecule has 3 fully saturated rings. The van der Waals surface area contributed by atoms with Crippen LogP contribution in [0.4, 0.5) is 0 Å². The Bertz CT molecular complexity index is 648. The van der Waals surface area contributed by atoms with Gasteiger partial charge in [-0.25, -0.2) is 4.68 Å². The Hall–Kier alpha value is -1.54. The molecule has 2 heterocycles. The van der Waals surface area contributed by atoms with Crippen molar-refractivity contribution in [1.29, 1.82) is 0 Å². The number of amides is 1. The molecule has 0 atom stereocenters. The monoisotopic (exact) mass is 418 g/mol. The molecule has 1 aliphatic heterocycles. The first-order valence-corrected chi connectivity index (χ1v) is 12.2. The van der Waals surface area contributed by atoms with Crippen molar-refractivity contribution in [3.63, 3.8) is 0 Å². The van der Waals surface area contributed by atoms with Crippen molar-refractivity contribution in [2.24, 2.45) is 0 Å². The summed E-state index contributed by atoms with van der Waals surface area (Å²) in [5, 5.41) is 12.5. The lowest BCUT2D eigenvalue weighted by Crippen LogP contribution is -2.50. The van der Waals surface area contributed by atoms with Crippen molar-refractivity contribution < 1.29 is 9.53 Å². The largest absolute Gasteiger partial charge is 0.379 e. The van der Waals surface area contributed by atoms with Crippen LogP contribution in [0.3, 0.4) is 0 Å². The molecule has 0 spiro atoms. The zero-order valence-corrected chi connectivity index (χ0v) is 18.4. The van der Waals surface area contributed by atoms with E-state index in [1.165, 1.54) is 51.4 Å². The molecule has 1 aromatic heterocycles. The number of nitrogens with zero attached hydrogens (tertiary/aromatic N) is 6. The van der Waals surface area contributed by atoms with Crippen molar-refractivity contribution in [2.45, 2.75) is 95.6 Å². The molecule has 0 N–H and O–H groups in total. The molecule has 0 unspecified atom stereocenters. The second kappa shape index (κ2) is 11.2. The summed E-state index contributed by atoms with van der Waals surface area (Å²) in [6.45, 7) is 4.15. The van der Waals surface area contributed by atoms with Crippen molar-refractivity contribution in [3.05, 3.63) is 5.82 Å². The third-order valence-corrected chi connectivity index (χ3v) is 7.06. The number of carbonyl (C=O) groups is 1. The molecule has 1 saturated heterocycles. The summed E-state index contributed by atoms with van der Waals surface area (Å²) in [5.74, 6) is 1.25. The third kappa shape index (κ3) is 5.78. The normalized spacial score (nSPS) is 22.3. The summed E-state index contributed by atoms with van der Waals surface area (Å²) in [6, 6.07) is 0.848. The minimum absolute atomic E-state index is 0.296. The predicted octanol–water partition coefficient (Wildman–Crippen LogP) is 2.95. The minimum Gasteiger partial charge on any atom is -0.379 e. The van der Waals surface area contributed by atoms with Crippen molar-refractivity contribution >= 4 is 5.91 Å². The number of hydrogen-bond donors (Lipinski definition) is 0. The lowest BCUT2D eigenvalue weighted by molar-refractivity contribution is -0.138. The average molecular weight is 419 g/mol. The third-order valence-electron chi connectivity index (χ3n) is 7.06. The smallest absolute Gasteiger partial charge is 0.223 e. The number of hydrogen-bond acceptors (Lipinski definition) is 6. The predicted molar refractivity (Wildman–Crippen MR) is 114 cm³/mol. The van der Waals surface area contributed by atoms with E-state index in [4.69, 9.17) is 4.74 Å². The molecule has 0 radical (unpaired) electrons. The van der Waals surface area contributed by atoms with Crippen LogP contribution >= 0.6 is 0 Å². The van der Waals surface area contributed by atoms with Gasteiger partial charge < -0.3 is 9.64 Å². The number of rotatable bonds is 8. The fourth-order valence-electron chi connectivity index (χ4n) is 5.28. The van der Waals surface area contributed by atoms with Crippen LogP contribution in [0.25, 0.3) is 0 Å². The maximum atomic E-state index is 13.2. The summed E-state index contributed by atoms with van der Waals surface area (Å²) >= 11 is 0. The molecular formula is C22H38N6O2. The number of morpholine rings is 1. The zero-order valence-electron chi connectivity index (χ0n) is 18.4. The summed E-state index contributed by atoms with van der Waals surface area (Å²) < 4.78 is 7.53. The molecule has 4 rings (SSSR count). The number of tetrazole rings is 1. The van der Waals surface area contributed by atoms with E-state index in [2.05, 4.69) is 25.3 Å². The van der Waals surface area contributed by atoms with E-state index in [9.17, 15) is 4.79 Å². The van der Waals surface area contributed by atoms with E-state index in [1.54, 1.807) is 0 Å². The summed E-state index contributed by atoms with van der Waals surface area (Å²) in [5.41, 5.74) is 0. The molecule has 2 aliphatic carbocycles. The number of aromatic nitrogens is 4. The first kappa shape index (κ1) is 21.7. The Morgan fingerprint density at radius 1 is 1.00 bits per heavy atom. The van der Waals surface area contributed by atoms with Crippen LogP contribution in [0.5, 0.6) is 0 Å². The highest BCUT2D eigenvalue weighted by Gasteiger charge is 2.27. The van der Waals surface area contributed by atoms with Crippen LogP contribution in [0.1, 0.15) is 88.9 Å². The fourth-order valence-corrected chi connectivity index (χ4v) is 5.28. The van der Waals surface area contributed by atoms with Gasteiger partial charge in [0.05, 0.1) is 25.9 Å². The van der Waals surface area contributed by atoms with Crippen LogP contribution in [-0.4, -0.2) is 74.9 Å². The maximum Gasteiger partial charge on any atom is 0.223 e. The van der Waals surface area contributed by atoms with Gasteiger partial charge in [0.2, 0.25) is 5.91 Å². The quantitative estimate of drug-likeness (QED) is 0.646. The molecule has 0 bridgehead atoms. The SMILES string of the molecule is O=C(CCCc1nnnn1C1CCCCC1)N(CN1CCOCC1)C1CCCCC1. The first-order chi connectivity index (χ1) is 14.8. The Kier molecular flexibility index (Phi) is 8.08. The second-order valence-electron chi connectivity index (χ2n) is 9.21. The van der Waals surface area contributed by atoms with E-state index in [0.29, 0.717) is 24.4 Å². The Morgan fingerprint density at radius 3 is 2.43 bits per heavy atom. The van der Waals surface area contributed by atoms with Crippen LogP contribution in [0.15, 0.2) is 0 Å². The highest BCUT2D eigenvalue weighted by molar-refractivity contribution is 5.76. The van der Waals surface area contributed by atoms with Gasteiger partial charge in [0, 0.05) is 32.0 Å². The van der Waals surface area contributed by atoms with Gasteiger partial charge in [0.15, 0.2) is 5.82 Å². The molecule has 30 heavy (non-hydrogen) atoms. The molecule has 8 nitrogen and oxygen atoms in total. The zero-order chi connectivity index (χ0) is 20.6. The van der Waals surface area contributed by atoms with E-state index in [-0.39, 0.29) is 0 Å². The van der Waals surface area contributed by atoms with Gasteiger partial charge in [-0.2, -0.15) is 0 Å². The molecule has 0 aromatic carbocycles. The van der Waals surface area contributed by atoms with Crippen molar-refractivity contribution in [3.8, 4) is 0 Å². The number of aryl methyl sites for hydroxylation is 1. The van der Waals surface area contributed by atoms with Gasteiger partial charge >= 0.3 is 0 Å². The Balaban J connectivity index is 1.31.